The van der Waals surface area contributed by atoms with Crippen LogP contribution < -0.4 is 21.1 Å². The number of aromatic amines is 1. The molecule has 2 fully saturated rings. The zero-order chi connectivity index (χ0) is 23.3. The lowest BCUT2D eigenvalue weighted by Crippen LogP contribution is -2.29. The van der Waals surface area contributed by atoms with Gasteiger partial charge in [0.2, 0.25) is 0 Å². The van der Waals surface area contributed by atoms with Crippen LogP contribution in [0.4, 0.5) is 17.2 Å². The van der Waals surface area contributed by atoms with Crippen molar-refractivity contribution >= 4 is 23.1 Å². The van der Waals surface area contributed by atoms with Gasteiger partial charge in [-0.1, -0.05) is 18.9 Å². The van der Waals surface area contributed by atoms with E-state index in [4.69, 9.17) is 4.98 Å². The maximum atomic E-state index is 12.8. The average Bonchev–Trinajstić information content (AvgIpc) is 3.39. The van der Waals surface area contributed by atoms with Gasteiger partial charge >= 0.3 is 0 Å². The monoisotopic (exact) mass is 457 g/mol. The topological polar surface area (TPSA) is 90.1 Å². The molecule has 34 heavy (non-hydrogen) atoms. The Kier molecular flexibility index (Phi) is 6.60. The van der Waals surface area contributed by atoms with Crippen LogP contribution in [0.3, 0.4) is 0 Å². The second-order valence-corrected chi connectivity index (χ2v) is 9.21. The van der Waals surface area contributed by atoms with Gasteiger partial charge in [0.25, 0.3) is 11.5 Å². The van der Waals surface area contributed by atoms with Gasteiger partial charge in [0, 0.05) is 42.1 Å². The molecule has 5 rings (SSSR count). The van der Waals surface area contributed by atoms with Gasteiger partial charge in [0.05, 0.1) is 5.69 Å². The van der Waals surface area contributed by atoms with E-state index < -0.39 is 0 Å². The third-order valence-electron chi connectivity index (χ3n) is 6.75. The Morgan fingerprint density at radius 3 is 2.50 bits per heavy atom. The summed E-state index contributed by atoms with van der Waals surface area (Å²) in [7, 11) is 0. The van der Waals surface area contributed by atoms with Crippen LogP contribution in [0.1, 0.15) is 55.3 Å². The Labute approximate surface area is 199 Å². The van der Waals surface area contributed by atoms with Gasteiger partial charge < -0.3 is 20.5 Å². The second kappa shape index (κ2) is 10.1. The first-order valence-corrected chi connectivity index (χ1v) is 12.3. The molecule has 1 aliphatic heterocycles. The van der Waals surface area contributed by atoms with Gasteiger partial charge in [-0.15, -0.1) is 0 Å². The minimum Gasteiger partial charge on any atom is -0.372 e. The second-order valence-electron chi connectivity index (χ2n) is 9.21. The molecule has 0 atom stereocenters. The standard InChI is InChI=1S/C27H31N5O2/c33-26(19-11-13-22(14-12-19)32-15-4-1-5-16-32)31-24-17-20(18-28-27(24)34)23-9-6-10-25(30-23)29-21-7-2-3-8-21/h6,9-14,17-18,21H,1-5,7-8,15-16H2,(H,28,34)(H,29,30)(H,31,33). The Hall–Kier alpha value is -3.61. The Morgan fingerprint density at radius 2 is 1.74 bits per heavy atom. The summed E-state index contributed by atoms with van der Waals surface area (Å²) in [6.45, 7) is 2.11. The summed E-state index contributed by atoms with van der Waals surface area (Å²) < 4.78 is 0. The number of aromatic nitrogens is 2. The van der Waals surface area contributed by atoms with Crippen molar-refractivity contribution in [3.8, 4) is 11.3 Å². The molecule has 3 aromatic rings. The SMILES string of the molecule is O=C(Nc1cc(-c2cccc(NC3CCCC3)n2)c[nH]c1=O)c1ccc(N2CCCCC2)cc1. The molecule has 2 aromatic heterocycles. The fourth-order valence-electron chi connectivity index (χ4n) is 4.85. The minimum atomic E-state index is -0.345. The smallest absolute Gasteiger partial charge is 0.271 e. The number of nitrogens with one attached hydrogen (secondary N) is 3. The van der Waals surface area contributed by atoms with Crippen molar-refractivity contribution in [2.45, 2.75) is 51.0 Å². The van der Waals surface area contributed by atoms with Crippen LogP contribution in [-0.2, 0) is 0 Å². The molecular formula is C27H31N5O2. The Morgan fingerprint density at radius 1 is 0.971 bits per heavy atom. The molecule has 0 bridgehead atoms. The van der Waals surface area contributed by atoms with Gasteiger partial charge in [-0.2, -0.15) is 0 Å². The summed E-state index contributed by atoms with van der Waals surface area (Å²) in [4.78, 5) is 35.1. The molecule has 1 amide bonds. The molecule has 0 unspecified atom stereocenters. The van der Waals surface area contributed by atoms with Gasteiger partial charge in [-0.3, -0.25) is 9.59 Å². The van der Waals surface area contributed by atoms with E-state index in [1.165, 1.54) is 44.9 Å². The number of benzene rings is 1. The van der Waals surface area contributed by atoms with Crippen molar-refractivity contribution in [3.05, 3.63) is 70.6 Å². The van der Waals surface area contributed by atoms with E-state index in [0.29, 0.717) is 11.6 Å². The summed E-state index contributed by atoms with van der Waals surface area (Å²) in [5.74, 6) is 0.521. The van der Waals surface area contributed by atoms with Crippen LogP contribution in [0.2, 0.25) is 0 Å². The highest BCUT2D eigenvalue weighted by atomic mass is 16.2. The van der Waals surface area contributed by atoms with E-state index in [1.807, 2.05) is 42.5 Å². The van der Waals surface area contributed by atoms with Crippen molar-refractivity contribution < 1.29 is 4.79 Å². The van der Waals surface area contributed by atoms with Crippen molar-refractivity contribution in [3.63, 3.8) is 0 Å². The zero-order valence-electron chi connectivity index (χ0n) is 19.3. The third kappa shape index (κ3) is 5.14. The molecule has 1 aromatic carbocycles. The highest BCUT2D eigenvalue weighted by molar-refractivity contribution is 6.04. The normalized spacial score (nSPS) is 16.4. The third-order valence-corrected chi connectivity index (χ3v) is 6.75. The highest BCUT2D eigenvalue weighted by Crippen LogP contribution is 2.24. The number of carbonyl (C=O) groups excluding carboxylic acids is 1. The molecule has 7 heteroatoms. The van der Waals surface area contributed by atoms with E-state index in [2.05, 4.69) is 20.5 Å². The number of hydrogen-bond acceptors (Lipinski definition) is 5. The minimum absolute atomic E-state index is 0.207. The molecule has 3 N–H and O–H groups in total. The number of carbonyl (C=O) groups is 1. The number of nitrogens with zero attached hydrogens (tertiary/aromatic N) is 2. The van der Waals surface area contributed by atoms with Crippen LogP contribution >= 0.6 is 0 Å². The fraction of sp³-hybridized carbons (Fsp3) is 0.370. The quantitative estimate of drug-likeness (QED) is 0.483. The number of amides is 1. The van der Waals surface area contributed by atoms with Crippen LogP contribution in [0.5, 0.6) is 0 Å². The predicted octanol–water partition coefficient (Wildman–Crippen LogP) is 5.03. The molecule has 1 aliphatic carbocycles. The van der Waals surface area contributed by atoms with Crippen LogP contribution in [-0.4, -0.2) is 35.0 Å². The maximum absolute atomic E-state index is 12.8. The Balaban J connectivity index is 1.30. The lowest BCUT2D eigenvalue weighted by atomic mass is 10.1. The lowest BCUT2D eigenvalue weighted by molar-refractivity contribution is 0.102. The molecule has 1 saturated carbocycles. The Bertz CT molecular complexity index is 1190. The van der Waals surface area contributed by atoms with Gasteiger partial charge in [-0.05, 0) is 74.6 Å². The van der Waals surface area contributed by atoms with E-state index in [9.17, 15) is 9.59 Å². The van der Waals surface area contributed by atoms with Crippen LogP contribution in [0.25, 0.3) is 11.3 Å². The summed E-state index contributed by atoms with van der Waals surface area (Å²) in [5.41, 5.74) is 2.99. The van der Waals surface area contributed by atoms with Crippen molar-refractivity contribution in [2.75, 3.05) is 28.6 Å². The summed E-state index contributed by atoms with van der Waals surface area (Å²) in [5, 5.41) is 6.27. The summed E-state index contributed by atoms with van der Waals surface area (Å²) >= 11 is 0. The number of H-pyrrole nitrogens is 1. The summed E-state index contributed by atoms with van der Waals surface area (Å²) in [6.07, 6.45) is 10.2. The number of hydrogen-bond donors (Lipinski definition) is 3. The zero-order valence-corrected chi connectivity index (χ0v) is 19.3. The fourth-order valence-corrected chi connectivity index (χ4v) is 4.85. The summed E-state index contributed by atoms with van der Waals surface area (Å²) in [6, 6.07) is 15.6. The largest absolute Gasteiger partial charge is 0.372 e. The van der Waals surface area contributed by atoms with Crippen molar-refractivity contribution in [1.82, 2.24) is 9.97 Å². The molecule has 0 radical (unpaired) electrons. The van der Waals surface area contributed by atoms with Crippen LogP contribution in [0.15, 0.2) is 59.5 Å². The first kappa shape index (κ1) is 22.2. The van der Waals surface area contributed by atoms with Gasteiger partial charge in [0.15, 0.2) is 0 Å². The van der Waals surface area contributed by atoms with E-state index in [1.54, 1.807) is 12.3 Å². The predicted molar refractivity (Wildman–Crippen MR) is 137 cm³/mol. The van der Waals surface area contributed by atoms with Gasteiger partial charge in [0.1, 0.15) is 11.5 Å². The molecule has 0 spiro atoms. The van der Waals surface area contributed by atoms with Crippen molar-refractivity contribution in [1.29, 1.82) is 0 Å². The molecule has 2 aliphatic rings. The number of pyridine rings is 2. The highest BCUT2D eigenvalue weighted by Gasteiger charge is 2.16. The molecule has 1 saturated heterocycles. The number of rotatable bonds is 6. The average molecular weight is 458 g/mol. The first-order valence-electron chi connectivity index (χ1n) is 12.3. The maximum Gasteiger partial charge on any atom is 0.271 e. The molecule has 7 nitrogen and oxygen atoms in total. The van der Waals surface area contributed by atoms with E-state index in [0.717, 1.165) is 35.9 Å². The first-order chi connectivity index (χ1) is 16.7. The molecular weight excluding hydrogens is 426 g/mol. The molecule has 3 heterocycles. The van der Waals surface area contributed by atoms with E-state index >= 15 is 0 Å². The van der Waals surface area contributed by atoms with Crippen molar-refractivity contribution in [2.24, 2.45) is 0 Å². The molecule has 176 valence electrons. The number of anilines is 3. The van der Waals surface area contributed by atoms with E-state index in [-0.39, 0.29) is 17.2 Å². The number of piperidine rings is 1. The van der Waals surface area contributed by atoms with Crippen LogP contribution in [0, 0.1) is 0 Å². The lowest BCUT2D eigenvalue weighted by Gasteiger charge is -2.28. The van der Waals surface area contributed by atoms with Gasteiger partial charge in [-0.25, -0.2) is 4.98 Å².